The number of hydrogen-bond acceptors (Lipinski definition) is 0. The van der Waals surface area contributed by atoms with Crippen molar-refractivity contribution in [1.82, 2.24) is 0 Å². The second-order valence-electron chi connectivity index (χ2n) is 3.86. The molecule has 0 nitrogen and oxygen atoms in total. The molecule has 80 valence electrons. The maximum atomic E-state index is 13.1. The van der Waals surface area contributed by atoms with E-state index in [9.17, 15) is 4.39 Å². The van der Waals surface area contributed by atoms with Crippen LogP contribution < -0.4 is 0 Å². The fraction of sp³-hybridized carbons (Fsp3) is 0.0667. The average Bonchev–Trinajstić information content (AvgIpc) is 2.28. The Morgan fingerprint density at radius 2 is 1.62 bits per heavy atom. The molecule has 1 heteroatoms. The van der Waals surface area contributed by atoms with Crippen LogP contribution in [0.3, 0.4) is 0 Å². The van der Waals surface area contributed by atoms with Gasteiger partial charge in [-0.2, -0.15) is 0 Å². The summed E-state index contributed by atoms with van der Waals surface area (Å²) in [5, 5.41) is 0. The predicted molar refractivity (Wildman–Crippen MR) is 65.7 cm³/mol. The lowest BCUT2D eigenvalue weighted by Crippen LogP contribution is -1.87. The molecule has 0 bridgehead atoms. The zero-order chi connectivity index (χ0) is 11.5. The van der Waals surface area contributed by atoms with Crippen LogP contribution in [-0.2, 0) is 0 Å². The Hall–Kier alpha value is -1.89. The predicted octanol–water partition coefficient (Wildman–Crippen LogP) is 4.20. The highest BCUT2D eigenvalue weighted by Crippen LogP contribution is 2.22. The third kappa shape index (κ3) is 2.19. The highest BCUT2D eigenvalue weighted by Gasteiger charge is 2.03. The van der Waals surface area contributed by atoms with E-state index in [0.29, 0.717) is 0 Å². The highest BCUT2D eigenvalue weighted by molar-refractivity contribution is 5.78. The summed E-state index contributed by atoms with van der Waals surface area (Å²) in [7, 11) is 0. The van der Waals surface area contributed by atoms with E-state index >= 15 is 0 Å². The van der Waals surface area contributed by atoms with E-state index < -0.39 is 0 Å². The zero-order valence-electron chi connectivity index (χ0n) is 9.20. The first-order valence-corrected chi connectivity index (χ1v) is 5.19. The van der Waals surface area contributed by atoms with Gasteiger partial charge in [0.25, 0.3) is 0 Å². The summed E-state index contributed by atoms with van der Waals surface area (Å²) in [5.74, 6) is -0.230. The van der Waals surface area contributed by atoms with Gasteiger partial charge in [-0.3, -0.25) is 0 Å². The lowest BCUT2D eigenvalue weighted by atomic mass is 9.98. The lowest BCUT2D eigenvalue weighted by molar-refractivity contribution is 0.627. The van der Waals surface area contributed by atoms with Crippen LogP contribution in [0.2, 0.25) is 0 Å². The molecule has 0 spiro atoms. The van der Waals surface area contributed by atoms with Gasteiger partial charge in [0.05, 0.1) is 0 Å². The molecule has 16 heavy (non-hydrogen) atoms. The van der Waals surface area contributed by atoms with E-state index in [-0.39, 0.29) is 5.82 Å². The second kappa shape index (κ2) is 4.31. The van der Waals surface area contributed by atoms with Crippen LogP contribution in [0.15, 0.2) is 55.1 Å². The highest BCUT2D eigenvalue weighted by atomic mass is 19.1. The molecule has 0 fully saturated rings. The second-order valence-corrected chi connectivity index (χ2v) is 3.86. The topological polar surface area (TPSA) is 0 Å². The smallest absolute Gasteiger partial charge is 0.123 e. The van der Waals surface area contributed by atoms with Crippen molar-refractivity contribution < 1.29 is 4.39 Å². The first kappa shape index (κ1) is 10.6. The standard InChI is InChI=1S/C15H13F/c1-11-5-3-6-13(9-11)12(2)14-7-4-8-15(16)10-14/h3-10H,2H2,1H3. The Morgan fingerprint density at radius 3 is 2.25 bits per heavy atom. The molecule has 0 atom stereocenters. The van der Waals surface area contributed by atoms with Crippen LogP contribution in [-0.4, -0.2) is 0 Å². The van der Waals surface area contributed by atoms with Crippen molar-refractivity contribution in [1.29, 1.82) is 0 Å². The molecule has 0 amide bonds. The molecule has 0 saturated heterocycles. The monoisotopic (exact) mass is 212 g/mol. The minimum absolute atomic E-state index is 0.230. The number of rotatable bonds is 2. The van der Waals surface area contributed by atoms with Gasteiger partial charge in [0.15, 0.2) is 0 Å². The van der Waals surface area contributed by atoms with Crippen molar-refractivity contribution in [2.45, 2.75) is 6.92 Å². The van der Waals surface area contributed by atoms with E-state index in [2.05, 4.69) is 6.58 Å². The van der Waals surface area contributed by atoms with E-state index in [1.807, 2.05) is 37.3 Å². The summed E-state index contributed by atoms with van der Waals surface area (Å²) in [5.41, 5.74) is 3.88. The third-order valence-electron chi connectivity index (χ3n) is 2.54. The van der Waals surface area contributed by atoms with Crippen molar-refractivity contribution in [2.75, 3.05) is 0 Å². The van der Waals surface area contributed by atoms with Crippen LogP contribution >= 0.6 is 0 Å². The van der Waals surface area contributed by atoms with E-state index in [1.54, 1.807) is 6.07 Å². The van der Waals surface area contributed by atoms with Crippen LogP contribution in [0.25, 0.3) is 5.57 Å². The van der Waals surface area contributed by atoms with Gasteiger partial charge in [0.1, 0.15) is 5.82 Å². The Kier molecular flexibility index (Phi) is 2.86. The molecule has 2 aromatic rings. The Bertz CT molecular complexity index is 479. The number of benzene rings is 2. The molecule has 0 aromatic heterocycles. The zero-order valence-corrected chi connectivity index (χ0v) is 9.20. The summed E-state index contributed by atoms with van der Waals surface area (Å²) in [6.45, 7) is 6.04. The van der Waals surface area contributed by atoms with Crippen molar-refractivity contribution in [3.8, 4) is 0 Å². The molecule has 0 aliphatic rings. The van der Waals surface area contributed by atoms with E-state index in [4.69, 9.17) is 0 Å². The Morgan fingerprint density at radius 1 is 1.00 bits per heavy atom. The SMILES string of the molecule is C=C(c1cccc(C)c1)c1cccc(F)c1. The molecule has 0 aliphatic carbocycles. The molecule has 0 heterocycles. The summed E-state index contributed by atoms with van der Waals surface area (Å²) in [6, 6.07) is 14.6. The molecule has 0 aliphatic heterocycles. The minimum atomic E-state index is -0.230. The molecule has 2 rings (SSSR count). The summed E-state index contributed by atoms with van der Waals surface area (Å²) >= 11 is 0. The van der Waals surface area contributed by atoms with Gasteiger partial charge >= 0.3 is 0 Å². The number of halogens is 1. The summed E-state index contributed by atoms with van der Waals surface area (Å²) < 4.78 is 13.1. The van der Waals surface area contributed by atoms with E-state index in [0.717, 1.165) is 16.7 Å². The van der Waals surface area contributed by atoms with Crippen molar-refractivity contribution >= 4 is 5.57 Å². The molecule has 0 saturated carbocycles. The summed E-state index contributed by atoms with van der Waals surface area (Å²) in [6.07, 6.45) is 0. The fourth-order valence-corrected chi connectivity index (χ4v) is 1.68. The van der Waals surface area contributed by atoms with Gasteiger partial charge < -0.3 is 0 Å². The van der Waals surface area contributed by atoms with Crippen LogP contribution in [0, 0.1) is 12.7 Å². The van der Waals surface area contributed by atoms with Gasteiger partial charge in [-0.05, 0) is 35.8 Å². The first-order chi connectivity index (χ1) is 7.66. The fourth-order valence-electron chi connectivity index (χ4n) is 1.68. The molecule has 0 unspecified atom stereocenters. The summed E-state index contributed by atoms with van der Waals surface area (Å²) in [4.78, 5) is 0. The maximum Gasteiger partial charge on any atom is 0.123 e. The normalized spacial score (nSPS) is 10.1. The van der Waals surface area contributed by atoms with Crippen LogP contribution in [0.1, 0.15) is 16.7 Å². The lowest BCUT2D eigenvalue weighted by Gasteiger charge is -2.07. The van der Waals surface area contributed by atoms with Gasteiger partial charge in [-0.25, -0.2) is 4.39 Å². The Labute approximate surface area is 95.1 Å². The van der Waals surface area contributed by atoms with Gasteiger partial charge in [-0.1, -0.05) is 48.5 Å². The van der Waals surface area contributed by atoms with Gasteiger partial charge in [-0.15, -0.1) is 0 Å². The quantitative estimate of drug-likeness (QED) is 0.700. The minimum Gasteiger partial charge on any atom is -0.207 e. The van der Waals surface area contributed by atoms with Crippen LogP contribution in [0.4, 0.5) is 4.39 Å². The molecular weight excluding hydrogens is 199 g/mol. The maximum absolute atomic E-state index is 13.1. The van der Waals surface area contributed by atoms with Crippen molar-refractivity contribution in [2.24, 2.45) is 0 Å². The van der Waals surface area contributed by atoms with Crippen molar-refractivity contribution in [3.63, 3.8) is 0 Å². The van der Waals surface area contributed by atoms with Gasteiger partial charge in [0.2, 0.25) is 0 Å². The van der Waals surface area contributed by atoms with E-state index in [1.165, 1.54) is 17.7 Å². The number of aryl methyl sites for hydroxylation is 1. The Balaban J connectivity index is 2.39. The molecule has 0 N–H and O–H groups in total. The molecule has 0 radical (unpaired) electrons. The number of hydrogen-bond donors (Lipinski definition) is 0. The molecular formula is C15H13F. The van der Waals surface area contributed by atoms with Crippen LogP contribution in [0.5, 0.6) is 0 Å². The molecule has 2 aromatic carbocycles. The first-order valence-electron chi connectivity index (χ1n) is 5.19. The largest absolute Gasteiger partial charge is 0.207 e. The van der Waals surface area contributed by atoms with Gasteiger partial charge in [0, 0.05) is 0 Å². The van der Waals surface area contributed by atoms with Crippen molar-refractivity contribution in [3.05, 3.63) is 77.6 Å². The third-order valence-corrected chi connectivity index (χ3v) is 2.54. The average molecular weight is 212 g/mol.